The van der Waals surface area contributed by atoms with Gasteiger partial charge in [0.1, 0.15) is 0 Å². The zero-order valence-corrected chi connectivity index (χ0v) is 11.6. The second-order valence-electron chi connectivity index (χ2n) is 5.28. The molecule has 1 aromatic rings. The van der Waals surface area contributed by atoms with Crippen LogP contribution in [0.2, 0.25) is 0 Å². The summed E-state index contributed by atoms with van der Waals surface area (Å²) in [6.45, 7) is 5.98. The number of fused-ring (bicyclic) bond motifs is 1. The molecule has 19 heavy (non-hydrogen) atoms. The molecular formula is C15H19NO3. The summed E-state index contributed by atoms with van der Waals surface area (Å²) in [5.74, 6) is -1.22. The van der Waals surface area contributed by atoms with Gasteiger partial charge in [-0.2, -0.15) is 0 Å². The van der Waals surface area contributed by atoms with Crippen LogP contribution in [0.15, 0.2) is 12.1 Å². The van der Waals surface area contributed by atoms with Gasteiger partial charge in [0.05, 0.1) is 5.92 Å². The van der Waals surface area contributed by atoms with Crippen LogP contribution >= 0.6 is 0 Å². The van der Waals surface area contributed by atoms with Crippen LogP contribution in [0.5, 0.6) is 0 Å². The zero-order chi connectivity index (χ0) is 14.2. The molecule has 1 aromatic carbocycles. The lowest BCUT2D eigenvalue weighted by Crippen LogP contribution is -2.30. The number of nitrogens with zero attached hydrogens (tertiary/aromatic N) is 1. The molecule has 4 nitrogen and oxygen atoms in total. The molecule has 1 atom stereocenters. The molecule has 0 bridgehead atoms. The van der Waals surface area contributed by atoms with Crippen LogP contribution in [0.4, 0.5) is 5.69 Å². The molecule has 1 aliphatic rings. The third-order valence-corrected chi connectivity index (χ3v) is 3.77. The molecule has 1 N–H and O–H groups in total. The minimum atomic E-state index is -0.781. The summed E-state index contributed by atoms with van der Waals surface area (Å²) in [6.07, 6.45) is 1.00. The first-order valence-electron chi connectivity index (χ1n) is 6.51. The van der Waals surface area contributed by atoms with E-state index < -0.39 is 11.9 Å². The molecule has 1 amide bonds. The van der Waals surface area contributed by atoms with Crippen molar-refractivity contribution in [1.29, 1.82) is 0 Å². The maximum atomic E-state index is 11.8. The third-order valence-electron chi connectivity index (χ3n) is 3.77. The van der Waals surface area contributed by atoms with Crippen LogP contribution < -0.4 is 4.90 Å². The van der Waals surface area contributed by atoms with Crippen molar-refractivity contribution in [3.63, 3.8) is 0 Å². The summed E-state index contributed by atoms with van der Waals surface area (Å²) >= 11 is 0. The van der Waals surface area contributed by atoms with E-state index in [4.69, 9.17) is 0 Å². The third kappa shape index (κ3) is 2.62. The van der Waals surface area contributed by atoms with Gasteiger partial charge in [-0.25, -0.2) is 0 Å². The standard InChI is InChI=1S/C15H19NO3/c1-9-6-10(2)13-8-12(15(18)19)4-5-16(11(3)17)14(13)7-9/h6-7,12H,4-5,8H2,1-3H3,(H,18,19). The van der Waals surface area contributed by atoms with Gasteiger partial charge in [0, 0.05) is 19.2 Å². The summed E-state index contributed by atoms with van der Waals surface area (Å²) in [5.41, 5.74) is 4.03. The largest absolute Gasteiger partial charge is 0.481 e. The molecule has 1 unspecified atom stereocenters. The lowest BCUT2D eigenvalue weighted by atomic mass is 9.93. The van der Waals surface area contributed by atoms with Gasteiger partial charge in [-0.15, -0.1) is 0 Å². The lowest BCUT2D eigenvalue weighted by Gasteiger charge is -2.22. The number of rotatable bonds is 1. The minimum absolute atomic E-state index is 0.0303. The Bertz CT molecular complexity index is 536. The van der Waals surface area contributed by atoms with Crippen molar-refractivity contribution in [1.82, 2.24) is 0 Å². The number of carboxylic acids is 1. The van der Waals surface area contributed by atoms with Crippen molar-refractivity contribution < 1.29 is 14.7 Å². The second kappa shape index (κ2) is 5.03. The Labute approximate surface area is 113 Å². The fourth-order valence-corrected chi connectivity index (χ4v) is 2.77. The second-order valence-corrected chi connectivity index (χ2v) is 5.28. The van der Waals surface area contributed by atoms with Gasteiger partial charge in [0.2, 0.25) is 5.91 Å². The Balaban J connectivity index is 2.54. The van der Waals surface area contributed by atoms with E-state index in [1.54, 1.807) is 4.90 Å². The van der Waals surface area contributed by atoms with Crippen molar-refractivity contribution >= 4 is 17.6 Å². The predicted molar refractivity (Wildman–Crippen MR) is 73.4 cm³/mol. The van der Waals surface area contributed by atoms with Gasteiger partial charge >= 0.3 is 5.97 Å². The summed E-state index contributed by atoms with van der Waals surface area (Å²) in [5, 5.41) is 9.26. The van der Waals surface area contributed by atoms with E-state index >= 15 is 0 Å². The molecule has 0 aromatic heterocycles. The summed E-state index contributed by atoms with van der Waals surface area (Å²) in [6, 6.07) is 4.02. The van der Waals surface area contributed by atoms with Crippen molar-refractivity contribution in [3.8, 4) is 0 Å². The predicted octanol–water partition coefficient (Wildman–Crippen LogP) is 2.30. The van der Waals surface area contributed by atoms with Gasteiger partial charge in [0.25, 0.3) is 0 Å². The molecule has 0 fully saturated rings. The first kappa shape index (κ1) is 13.6. The monoisotopic (exact) mass is 261 g/mol. The average molecular weight is 261 g/mol. The average Bonchev–Trinajstić information content (AvgIpc) is 2.48. The highest BCUT2D eigenvalue weighted by Gasteiger charge is 2.28. The molecule has 0 aliphatic carbocycles. The van der Waals surface area contributed by atoms with Gasteiger partial charge < -0.3 is 10.0 Å². The number of carbonyl (C=O) groups is 2. The van der Waals surface area contributed by atoms with Gasteiger partial charge in [0.15, 0.2) is 0 Å². The van der Waals surface area contributed by atoms with Crippen LogP contribution in [0.25, 0.3) is 0 Å². The molecule has 0 spiro atoms. The quantitative estimate of drug-likeness (QED) is 0.844. The normalized spacial score (nSPS) is 18.7. The molecule has 0 saturated carbocycles. The number of benzene rings is 1. The zero-order valence-electron chi connectivity index (χ0n) is 11.6. The molecule has 0 saturated heterocycles. The maximum absolute atomic E-state index is 11.8. The Morgan fingerprint density at radius 1 is 1.32 bits per heavy atom. The molecule has 2 rings (SSSR count). The Morgan fingerprint density at radius 2 is 2.00 bits per heavy atom. The van der Waals surface area contributed by atoms with Crippen molar-refractivity contribution in [2.45, 2.75) is 33.6 Å². The first-order valence-corrected chi connectivity index (χ1v) is 6.51. The number of carboxylic acid groups (broad SMARTS) is 1. The Kier molecular flexibility index (Phi) is 3.60. The van der Waals surface area contributed by atoms with Crippen LogP contribution in [-0.4, -0.2) is 23.5 Å². The number of amides is 1. The fraction of sp³-hybridized carbons (Fsp3) is 0.467. The Hall–Kier alpha value is -1.84. The highest BCUT2D eigenvalue weighted by Crippen LogP contribution is 2.32. The fourth-order valence-electron chi connectivity index (χ4n) is 2.77. The van der Waals surface area contributed by atoms with Gasteiger partial charge in [-0.1, -0.05) is 6.07 Å². The maximum Gasteiger partial charge on any atom is 0.306 e. The summed E-state index contributed by atoms with van der Waals surface area (Å²) in [4.78, 5) is 24.8. The van der Waals surface area contributed by atoms with Crippen LogP contribution in [-0.2, 0) is 16.0 Å². The lowest BCUT2D eigenvalue weighted by molar-refractivity contribution is -0.141. The first-order chi connectivity index (χ1) is 8.90. The number of carbonyl (C=O) groups excluding carboxylic acids is 1. The Morgan fingerprint density at radius 3 is 2.58 bits per heavy atom. The molecule has 0 radical (unpaired) electrons. The van der Waals surface area contributed by atoms with Crippen molar-refractivity contribution in [3.05, 3.63) is 28.8 Å². The number of hydrogen-bond acceptors (Lipinski definition) is 2. The molecular weight excluding hydrogens is 242 g/mol. The van der Waals surface area contributed by atoms with Crippen LogP contribution in [0.1, 0.15) is 30.0 Å². The van der Waals surface area contributed by atoms with E-state index in [0.717, 1.165) is 22.4 Å². The van der Waals surface area contributed by atoms with Crippen molar-refractivity contribution in [2.24, 2.45) is 5.92 Å². The molecule has 1 aliphatic heterocycles. The number of hydrogen-bond donors (Lipinski definition) is 1. The number of anilines is 1. The van der Waals surface area contributed by atoms with E-state index in [1.165, 1.54) is 6.92 Å². The minimum Gasteiger partial charge on any atom is -0.481 e. The summed E-state index contributed by atoms with van der Waals surface area (Å²) < 4.78 is 0. The van der Waals surface area contributed by atoms with Crippen LogP contribution in [0.3, 0.4) is 0 Å². The number of aliphatic carboxylic acids is 1. The van der Waals surface area contributed by atoms with Crippen molar-refractivity contribution in [2.75, 3.05) is 11.4 Å². The molecule has 4 heteroatoms. The van der Waals surface area contributed by atoms with Gasteiger partial charge in [-0.05, 0) is 49.4 Å². The van der Waals surface area contributed by atoms with E-state index in [0.29, 0.717) is 19.4 Å². The molecule has 1 heterocycles. The van der Waals surface area contributed by atoms with Gasteiger partial charge in [-0.3, -0.25) is 9.59 Å². The smallest absolute Gasteiger partial charge is 0.306 e. The van der Waals surface area contributed by atoms with E-state index in [1.807, 2.05) is 26.0 Å². The highest BCUT2D eigenvalue weighted by molar-refractivity contribution is 5.93. The molecule has 102 valence electrons. The van der Waals surface area contributed by atoms with Crippen LogP contribution in [0, 0.1) is 19.8 Å². The topological polar surface area (TPSA) is 57.6 Å². The summed E-state index contributed by atoms with van der Waals surface area (Å²) in [7, 11) is 0. The number of aryl methyl sites for hydroxylation is 2. The highest BCUT2D eigenvalue weighted by atomic mass is 16.4. The van der Waals surface area contributed by atoms with E-state index in [9.17, 15) is 14.7 Å². The van der Waals surface area contributed by atoms with E-state index in [-0.39, 0.29) is 5.91 Å². The SMILES string of the molecule is CC(=O)N1CCC(C(=O)O)Cc2c(C)cc(C)cc21. The van der Waals surface area contributed by atoms with E-state index in [2.05, 4.69) is 0 Å².